The van der Waals surface area contributed by atoms with E-state index in [0.29, 0.717) is 0 Å². The molecule has 1 nitrogen and oxygen atoms in total. The van der Waals surface area contributed by atoms with Gasteiger partial charge in [-0.25, -0.2) is 0 Å². The van der Waals surface area contributed by atoms with Gasteiger partial charge in [-0.05, 0) is 73.0 Å². The van der Waals surface area contributed by atoms with Gasteiger partial charge in [-0.3, -0.25) is 0 Å². The molecular weight excluding hydrogens is 637 g/mol. The van der Waals surface area contributed by atoms with Crippen LogP contribution in [0.4, 0.5) is 0 Å². The third kappa shape index (κ3) is 7.34. The van der Waals surface area contributed by atoms with Crippen molar-refractivity contribution in [2.75, 3.05) is 6.61 Å². The molecular formula is C41H40OS4. The number of thiophene rings is 4. The van der Waals surface area contributed by atoms with Crippen LogP contribution in [0.5, 0.6) is 5.75 Å². The summed E-state index contributed by atoms with van der Waals surface area (Å²) in [5.41, 5.74) is 3.74. The zero-order valence-electron chi connectivity index (χ0n) is 26.6. The highest BCUT2D eigenvalue weighted by molar-refractivity contribution is 7.34. The number of aryl methyl sites for hydroxylation is 1. The highest BCUT2D eigenvalue weighted by Crippen LogP contribution is 2.46. The second-order valence-electron chi connectivity index (χ2n) is 12.2. The number of ether oxygens (including phenoxy) is 1. The molecule has 46 heavy (non-hydrogen) atoms. The van der Waals surface area contributed by atoms with Crippen molar-refractivity contribution >= 4 is 109 Å². The Morgan fingerprint density at radius 3 is 1.57 bits per heavy atom. The van der Waals surface area contributed by atoms with Crippen molar-refractivity contribution in [3.63, 3.8) is 0 Å². The monoisotopic (exact) mass is 676 g/mol. The Morgan fingerprint density at radius 1 is 0.522 bits per heavy atom. The minimum Gasteiger partial charge on any atom is -0.494 e. The Labute approximate surface area is 288 Å². The molecule has 0 atom stereocenters. The van der Waals surface area contributed by atoms with Crippen molar-refractivity contribution < 1.29 is 4.74 Å². The Hall–Kier alpha value is -3.22. The van der Waals surface area contributed by atoms with Crippen LogP contribution >= 0.6 is 45.3 Å². The zero-order chi connectivity index (χ0) is 31.3. The molecule has 0 fully saturated rings. The van der Waals surface area contributed by atoms with Gasteiger partial charge in [-0.15, -0.1) is 45.3 Å². The largest absolute Gasteiger partial charge is 0.494 e. The molecule has 0 aliphatic heterocycles. The van der Waals surface area contributed by atoms with Gasteiger partial charge in [0.25, 0.3) is 0 Å². The average Bonchev–Trinajstić information content (AvgIpc) is 3.82. The molecule has 0 saturated heterocycles. The molecule has 0 spiro atoms. The van der Waals surface area contributed by atoms with Crippen molar-refractivity contribution in [2.24, 2.45) is 0 Å². The van der Waals surface area contributed by atoms with E-state index in [1.54, 1.807) is 0 Å². The van der Waals surface area contributed by atoms with Gasteiger partial charge in [-0.2, -0.15) is 0 Å². The van der Waals surface area contributed by atoms with E-state index < -0.39 is 0 Å². The maximum atomic E-state index is 6.00. The molecule has 4 aromatic heterocycles. The summed E-state index contributed by atoms with van der Waals surface area (Å²) in [6, 6.07) is 26.8. The van der Waals surface area contributed by atoms with Gasteiger partial charge in [0.15, 0.2) is 0 Å². The van der Waals surface area contributed by atoms with Crippen LogP contribution in [0, 0.1) is 6.92 Å². The van der Waals surface area contributed by atoms with Crippen molar-refractivity contribution in [1.29, 1.82) is 0 Å². The standard InChI is InChI=1S/C41H40OS4/c1-3-4-5-6-7-8-9-10-23-42-31-19-15-30(16-20-31)18-22-33-25-39-41(44-33)35-27-36-34(26-37(35)46-39)40-38(45-36)24-32(43-40)21-17-29-13-11-28(2)12-14-29/h11-22,24-27H,3-10,23H2,1-2H3/b21-17+,22-18+. The van der Waals surface area contributed by atoms with Crippen LogP contribution in [-0.4, -0.2) is 6.61 Å². The molecule has 0 unspecified atom stereocenters. The molecule has 0 radical (unpaired) electrons. The van der Waals surface area contributed by atoms with E-state index in [1.807, 2.05) is 45.3 Å². The fraction of sp³-hybridized carbons (Fsp3) is 0.268. The first kappa shape index (κ1) is 31.4. The molecule has 0 aliphatic carbocycles. The molecule has 0 saturated carbocycles. The zero-order valence-corrected chi connectivity index (χ0v) is 29.9. The van der Waals surface area contributed by atoms with Gasteiger partial charge in [-0.1, -0.05) is 106 Å². The van der Waals surface area contributed by atoms with E-state index in [-0.39, 0.29) is 0 Å². The molecule has 7 aromatic rings. The molecule has 0 N–H and O–H groups in total. The van der Waals surface area contributed by atoms with E-state index >= 15 is 0 Å². The van der Waals surface area contributed by atoms with Crippen LogP contribution in [0.15, 0.2) is 72.8 Å². The number of unbranched alkanes of at least 4 members (excludes halogenated alkanes) is 7. The lowest BCUT2D eigenvalue weighted by Gasteiger charge is -2.06. The summed E-state index contributed by atoms with van der Waals surface area (Å²) in [5.74, 6) is 0.970. The van der Waals surface area contributed by atoms with Gasteiger partial charge in [0, 0.05) is 39.3 Å². The highest BCUT2D eigenvalue weighted by atomic mass is 32.1. The molecule has 7 rings (SSSR count). The third-order valence-electron chi connectivity index (χ3n) is 8.55. The van der Waals surface area contributed by atoms with E-state index in [4.69, 9.17) is 4.74 Å². The van der Waals surface area contributed by atoms with E-state index in [9.17, 15) is 0 Å². The molecule has 5 heteroatoms. The first-order valence-corrected chi connectivity index (χ1v) is 19.9. The van der Waals surface area contributed by atoms with Crippen LogP contribution in [0.3, 0.4) is 0 Å². The van der Waals surface area contributed by atoms with Crippen LogP contribution < -0.4 is 4.74 Å². The Balaban J connectivity index is 0.984. The van der Waals surface area contributed by atoms with Crippen molar-refractivity contribution in [3.05, 3.63) is 99.2 Å². The Kier molecular flexibility index (Phi) is 10.0. The lowest BCUT2D eigenvalue weighted by Crippen LogP contribution is -1.97. The molecule has 234 valence electrons. The normalized spacial score (nSPS) is 12.3. The topological polar surface area (TPSA) is 9.23 Å². The minimum atomic E-state index is 0.812. The predicted octanol–water partition coefficient (Wildman–Crippen LogP) is 14.7. The average molecular weight is 677 g/mol. The van der Waals surface area contributed by atoms with Gasteiger partial charge < -0.3 is 4.74 Å². The molecule has 0 amide bonds. The van der Waals surface area contributed by atoms with E-state index in [2.05, 4.69) is 111 Å². The molecule has 3 aromatic carbocycles. The number of rotatable bonds is 14. The number of hydrogen-bond donors (Lipinski definition) is 0. The lowest BCUT2D eigenvalue weighted by atomic mass is 10.1. The van der Waals surface area contributed by atoms with Gasteiger partial charge in [0.05, 0.1) is 16.0 Å². The SMILES string of the molecule is CCCCCCCCCCOc1ccc(/C=C/c2cc3sc4cc5c(cc4c3s2)sc2cc(/C=C/c3ccc(C)cc3)sc25)cc1. The second kappa shape index (κ2) is 14.7. The Bertz CT molecular complexity index is 2110. The minimum absolute atomic E-state index is 0.812. The van der Waals surface area contributed by atoms with Crippen molar-refractivity contribution in [2.45, 2.75) is 65.2 Å². The summed E-state index contributed by atoms with van der Waals surface area (Å²) in [6.45, 7) is 5.22. The summed E-state index contributed by atoms with van der Waals surface area (Å²) in [7, 11) is 0. The lowest BCUT2D eigenvalue weighted by molar-refractivity contribution is 0.304. The number of fused-ring (bicyclic) bond motifs is 6. The number of hydrogen-bond acceptors (Lipinski definition) is 5. The fourth-order valence-corrected chi connectivity index (χ4v) is 10.8. The summed E-state index contributed by atoms with van der Waals surface area (Å²) in [5, 5.41) is 2.79. The predicted molar refractivity (Wildman–Crippen MR) is 212 cm³/mol. The molecule has 0 aliphatic rings. The fourth-order valence-electron chi connectivity index (χ4n) is 5.93. The van der Waals surface area contributed by atoms with Crippen LogP contribution in [-0.2, 0) is 0 Å². The molecule has 4 heterocycles. The van der Waals surface area contributed by atoms with E-state index in [0.717, 1.165) is 18.8 Å². The van der Waals surface area contributed by atoms with Gasteiger partial charge >= 0.3 is 0 Å². The van der Waals surface area contributed by atoms with Crippen molar-refractivity contribution in [1.82, 2.24) is 0 Å². The van der Waals surface area contributed by atoms with Crippen LogP contribution in [0.2, 0.25) is 0 Å². The maximum absolute atomic E-state index is 6.00. The third-order valence-corrected chi connectivity index (χ3v) is 13.3. The Morgan fingerprint density at radius 2 is 1.02 bits per heavy atom. The smallest absolute Gasteiger partial charge is 0.119 e. The first-order chi connectivity index (χ1) is 22.6. The summed E-state index contributed by atoms with van der Waals surface area (Å²) in [4.78, 5) is 2.61. The van der Waals surface area contributed by atoms with Crippen LogP contribution in [0.25, 0.3) is 63.3 Å². The van der Waals surface area contributed by atoms with Crippen molar-refractivity contribution in [3.8, 4) is 5.75 Å². The first-order valence-electron chi connectivity index (χ1n) is 16.6. The number of benzene rings is 3. The van der Waals surface area contributed by atoms with Gasteiger partial charge in [0.2, 0.25) is 0 Å². The summed E-state index contributed by atoms with van der Waals surface area (Å²) >= 11 is 7.65. The highest BCUT2D eigenvalue weighted by Gasteiger charge is 2.14. The summed E-state index contributed by atoms with van der Waals surface area (Å²) < 4.78 is 14.4. The quantitative estimate of drug-likeness (QED) is 0.104. The van der Waals surface area contributed by atoms with Gasteiger partial charge in [0.1, 0.15) is 5.75 Å². The maximum Gasteiger partial charge on any atom is 0.119 e. The molecule has 0 bridgehead atoms. The van der Waals surface area contributed by atoms with Crippen LogP contribution in [0.1, 0.15) is 84.7 Å². The summed E-state index contributed by atoms with van der Waals surface area (Å²) in [6.07, 6.45) is 19.5. The van der Waals surface area contributed by atoms with E-state index in [1.165, 1.54) is 110 Å². The second-order valence-corrected chi connectivity index (χ2v) is 16.5.